The number of halogens is 1. The zero-order valence-corrected chi connectivity index (χ0v) is 18.5. The summed E-state index contributed by atoms with van der Waals surface area (Å²) < 4.78 is 46.7. The Labute approximate surface area is 186 Å². The Morgan fingerprint density at radius 2 is 1.72 bits per heavy atom. The van der Waals surface area contributed by atoms with Crippen molar-refractivity contribution in [2.24, 2.45) is 0 Å². The van der Waals surface area contributed by atoms with Gasteiger partial charge in [0.1, 0.15) is 18.1 Å². The summed E-state index contributed by atoms with van der Waals surface area (Å²) in [4.78, 5) is 15.0. The number of nitrogens with zero attached hydrogens (tertiary/aromatic N) is 2. The van der Waals surface area contributed by atoms with Crippen molar-refractivity contribution in [3.8, 4) is 5.75 Å². The topological polar surface area (TPSA) is 66.9 Å². The molecule has 1 atom stereocenters. The van der Waals surface area contributed by atoms with Crippen LogP contribution in [0.25, 0.3) is 0 Å². The number of rotatable bonds is 6. The van der Waals surface area contributed by atoms with Crippen LogP contribution in [0.2, 0.25) is 0 Å². The third-order valence-electron chi connectivity index (χ3n) is 5.52. The highest BCUT2D eigenvalue weighted by atomic mass is 32.2. The number of hydrogen-bond donors (Lipinski definition) is 0. The van der Waals surface area contributed by atoms with E-state index >= 15 is 0 Å². The normalized spacial score (nSPS) is 15.3. The van der Waals surface area contributed by atoms with E-state index in [4.69, 9.17) is 4.74 Å². The molecule has 0 aromatic heterocycles. The van der Waals surface area contributed by atoms with Crippen LogP contribution in [0.15, 0.2) is 77.7 Å². The highest BCUT2D eigenvalue weighted by molar-refractivity contribution is 7.92. The Bertz CT molecular complexity index is 1230. The lowest BCUT2D eigenvalue weighted by molar-refractivity contribution is -0.117. The van der Waals surface area contributed by atoms with Gasteiger partial charge in [-0.05, 0) is 73.5 Å². The molecule has 1 heterocycles. The van der Waals surface area contributed by atoms with Crippen LogP contribution >= 0.6 is 0 Å². The quantitative estimate of drug-likeness (QED) is 0.565. The summed E-state index contributed by atoms with van der Waals surface area (Å²) in [7, 11) is -2.62. The van der Waals surface area contributed by atoms with Crippen molar-refractivity contribution in [1.82, 2.24) is 0 Å². The van der Waals surface area contributed by atoms with Gasteiger partial charge in [0.15, 0.2) is 0 Å². The monoisotopic (exact) mass is 454 g/mol. The van der Waals surface area contributed by atoms with Gasteiger partial charge in [-0.1, -0.05) is 18.2 Å². The first-order valence-electron chi connectivity index (χ1n) is 10.1. The number of fused-ring (bicyclic) bond motifs is 1. The molecule has 1 aliphatic rings. The van der Waals surface area contributed by atoms with Gasteiger partial charge in [-0.3, -0.25) is 9.10 Å². The first-order chi connectivity index (χ1) is 15.3. The van der Waals surface area contributed by atoms with Gasteiger partial charge in [0.2, 0.25) is 5.91 Å². The molecule has 32 heavy (non-hydrogen) atoms. The summed E-state index contributed by atoms with van der Waals surface area (Å²) in [5.41, 5.74) is 2.03. The first-order valence-corrected chi connectivity index (χ1v) is 11.6. The molecule has 8 heteroatoms. The van der Waals surface area contributed by atoms with E-state index in [1.807, 2.05) is 31.2 Å². The number of ether oxygens (including phenoxy) is 1. The largest absolute Gasteiger partial charge is 0.497 e. The number of hydrogen-bond acceptors (Lipinski definition) is 4. The van der Waals surface area contributed by atoms with Gasteiger partial charge in [0, 0.05) is 11.7 Å². The molecular formula is C24H23FN2O4S. The molecule has 6 nitrogen and oxygen atoms in total. The van der Waals surface area contributed by atoms with Crippen LogP contribution in [-0.2, 0) is 21.2 Å². The Balaban J connectivity index is 1.72. The minimum absolute atomic E-state index is 0.00490. The predicted octanol–water partition coefficient (Wildman–Crippen LogP) is 4.01. The van der Waals surface area contributed by atoms with E-state index < -0.39 is 22.4 Å². The van der Waals surface area contributed by atoms with Crippen molar-refractivity contribution in [2.45, 2.75) is 24.3 Å². The Morgan fingerprint density at radius 3 is 2.38 bits per heavy atom. The lowest BCUT2D eigenvalue weighted by atomic mass is 10.1. The molecule has 1 aliphatic heterocycles. The van der Waals surface area contributed by atoms with Gasteiger partial charge in [-0.2, -0.15) is 0 Å². The van der Waals surface area contributed by atoms with Crippen molar-refractivity contribution >= 4 is 27.3 Å². The summed E-state index contributed by atoms with van der Waals surface area (Å²) in [6, 6.07) is 18.4. The zero-order chi connectivity index (χ0) is 22.9. The van der Waals surface area contributed by atoms with E-state index in [1.54, 1.807) is 4.90 Å². The standard InChI is InChI=1S/C24H23FN2O4S/c1-17-15-18-5-3-4-6-23(18)27(17)24(28)16-26(20-9-7-19(25)8-10-20)32(29,30)22-13-11-21(31-2)12-14-22/h3-14,17H,15-16H2,1-2H3/t17-/m0/s1. The number of sulfonamides is 1. The van der Waals surface area contributed by atoms with Crippen molar-refractivity contribution in [3.63, 3.8) is 0 Å². The van der Waals surface area contributed by atoms with Gasteiger partial charge >= 0.3 is 0 Å². The van der Waals surface area contributed by atoms with Crippen LogP contribution in [-0.4, -0.2) is 34.0 Å². The summed E-state index contributed by atoms with van der Waals surface area (Å²) in [6.07, 6.45) is 0.698. The summed E-state index contributed by atoms with van der Waals surface area (Å²) in [5, 5.41) is 0. The van der Waals surface area contributed by atoms with Crippen molar-refractivity contribution in [1.29, 1.82) is 0 Å². The molecule has 4 rings (SSSR count). The fraction of sp³-hybridized carbons (Fsp3) is 0.208. The summed E-state index contributed by atoms with van der Waals surface area (Å²) >= 11 is 0. The molecule has 0 fully saturated rings. The van der Waals surface area contributed by atoms with Gasteiger partial charge in [0.05, 0.1) is 17.7 Å². The second-order valence-corrected chi connectivity index (χ2v) is 9.47. The molecule has 0 N–H and O–H groups in total. The second-order valence-electron chi connectivity index (χ2n) is 7.61. The van der Waals surface area contributed by atoms with Crippen LogP contribution in [0, 0.1) is 5.82 Å². The number of amides is 1. The summed E-state index contributed by atoms with van der Waals surface area (Å²) in [5.74, 6) is -0.344. The van der Waals surface area contributed by atoms with Gasteiger partial charge in [0.25, 0.3) is 10.0 Å². The van der Waals surface area contributed by atoms with Crippen molar-refractivity contribution in [2.75, 3.05) is 22.9 Å². The number of carbonyl (C=O) groups is 1. The molecule has 166 valence electrons. The zero-order valence-electron chi connectivity index (χ0n) is 17.7. The minimum Gasteiger partial charge on any atom is -0.497 e. The third-order valence-corrected chi connectivity index (χ3v) is 7.30. The van der Waals surface area contributed by atoms with Gasteiger partial charge < -0.3 is 9.64 Å². The summed E-state index contributed by atoms with van der Waals surface area (Å²) in [6.45, 7) is 1.51. The molecule has 0 spiro atoms. The second kappa shape index (κ2) is 8.63. The third kappa shape index (κ3) is 4.05. The maximum atomic E-state index is 13.5. The Kier molecular flexibility index (Phi) is 5.88. The maximum absolute atomic E-state index is 13.5. The predicted molar refractivity (Wildman–Crippen MR) is 121 cm³/mol. The van der Waals surface area contributed by atoms with Crippen molar-refractivity contribution in [3.05, 3.63) is 84.2 Å². The lowest BCUT2D eigenvalue weighted by Gasteiger charge is -2.29. The fourth-order valence-corrected chi connectivity index (χ4v) is 5.36. The van der Waals surface area contributed by atoms with Crippen LogP contribution in [0.4, 0.5) is 15.8 Å². The average Bonchev–Trinajstić information content (AvgIpc) is 3.13. The van der Waals surface area contributed by atoms with Crippen LogP contribution in [0.5, 0.6) is 5.75 Å². The highest BCUT2D eigenvalue weighted by Gasteiger charge is 2.34. The van der Waals surface area contributed by atoms with E-state index in [0.717, 1.165) is 15.6 Å². The molecule has 1 amide bonds. The highest BCUT2D eigenvalue weighted by Crippen LogP contribution is 2.33. The molecule has 0 radical (unpaired) electrons. The van der Waals surface area contributed by atoms with E-state index in [9.17, 15) is 17.6 Å². The van der Waals surface area contributed by atoms with E-state index in [2.05, 4.69) is 0 Å². The van der Waals surface area contributed by atoms with Gasteiger partial charge in [-0.15, -0.1) is 0 Å². The Morgan fingerprint density at radius 1 is 1.06 bits per heavy atom. The molecule has 0 unspecified atom stereocenters. The van der Waals surface area contributed by atoms with Gasteiger partial charge in [-0.25, -0.2) is 12.8 Å². The molecule has 0 bridgehead atoms. The van der Waals surface area contributed by atoms with E-state index in [1.165, 1.54) is 55.6 Å². The molecule has 0 aliphatic carbocycles. The van der Waals surface area contributed by atoms with Crippen LogP contribution in [0.3, 0.4) is 0 Å². The molecular weight excluding hydrogens is 431 g/mol. The number of para-hydroxylation sites is 1. The molecule has 0 saturated carbocycles. The molecule has 0 saturated heterocycles. The molecule has 3 aromatic rings. The van der Waals surface area contributed by atoms with E-state index in [0.29, 0.717) is 12.2 Å². The number of methoxy groups -OCH3 is 1. The number of carbonyl (C=O) groups excluding carboxylic acids is 1. The Hall–Kier alpha value is -3.39. The first kappa shape index (κ1) is 21.8. The minimum atomic E-state index is -4.10. The maximum Gasteiger partial charge on any atom is 0.264 e. The average molecular weight is 455 g/mol. The van der Waals surface area contributed by atoms with Crippen LogP contribution < -0.4 is 13.9 Å². The smallest absolute Gasteiger partial charge is 0.264 e. The molecule has 3 aromatic carbocycles. The lowest BCUT2D eigenvalue weighted by Crippen LogP contribution is -2.45. The van der Waals surface area contributed by atoms with Crippen LogP contribution in [0.1, 0.15) is 12.5 Å². The fourth-order valence-electron chi connectivity index (χ4n) is 3.94. The number of anilines is 2. The van der Waals surface area contributed by atoms with E-state index in [-0.39, 0.29) is 22.5 Å². The SMILES string of the molecule is COc1ccc(S(=O)(=O)N(CC(=O)N2c3ccccc3C[C@@H]2C)c2ccc(F)cc2)cc1. The van der Waals surface area contributed by atoms with Crippen molar-refractivity contribution < 1.29 is 22.3 Å². The number of benzene rings is 3.